The van der Waals surface area contributed by atoms with E-state index in [4.69, 9.17) is 20.3 Å². The van der Waals surface area contributed by atoms with Gasteiger partial charge in [-0.15, -0.1) is 0 Å². The number of hydrogen-bond donors (Lipinski definition) is 7. The molecule has 0 aromatic rings. The second-order valence-electron chi connectivity index (χ2n) is 7.54. The summed E-state index contributed by atoms with van der Waals surface area (Å²) in [5.41, 5.74) is 5.42. The molecule has 29 heavy (non-hydrogen) atoms. The number of nitrogens with one attached hydrogen (secondary N) is 1. The topological polar surface area (TPSA) is 192 Å². The number of nitrogens with two attached hydrogens (primary N) is 1. The van der Waals surface area contributed by atoms with Crippen molar-refractivity contribution in [1.82, 2.24) is 5.32 Å². The van der Waals surface area contributed by atoms with E-state index in [2.05, 4.69) is 5.32 Å². The van der Waals surface area contributed by atoms with Crippen molar-refractivity contribution in [2.45, 2.75) is 75.8 Å². The maximum Gasteiger partial charge on any atom is 0.364 e. The Bertz CT molecular complexity index is 533. The van der Waals surface area contributed by atoms with Gasteiger partial charge in [0.25, 0.3) is 5.79 Å². The first-order valence-corrected chi connectivity index (χ1v) is 9.80. The zero-order valence-corrected chi connectivity index (χ0v) is 16.9. The molecule has 0 aliphatic carbocycles. The van der Waals surface area contributed by atoms with Gasteiger partial charge in [-0.3, -0.25) is 4.79 Å². The summed E-state index contributed by atoms with van der Waals surface area (Å²) in [5.74, 6) is -4.70. The van der Waals surface area contributed by atoms with Crippen LogP contribution in [0, 0.1) is 5.92 Å². The molecule has 0 spiro atoms. The fraction of sp³-hybridized carbons (Fsp3) is 0.889. The number of carbonyl (C=O) groups excluding carboxylic acids is 1. The van der Waals surface area contributed by atoms with Gasteiger partial charge in [0.05, 0.1) is 25.4 Å². The highest BCUT2D eigenvalue weighted by Gasteiger charge is 2.55. The molecule has 0 bridgehead atoms. The molecule has 1 amide bonds. The van der Waals surface area contributed by atoms with Crippen LogP contribution in [-0.2, 0) is 19.1 Å². The molecule has 0 aromatic carbocycles. The maximum atomic E-state index is 12.1. The molecule has 1 heterocycles. The minimum absolute atomic E-state index is 0.00735. The average molecular weight is 422 g/mol. The number of aliphatic hydroxyl groups is 4. The van der Waals surface area contributed by atoms with Gasteiger partial charge >= 0.3 is 5.97 Å². The smallest absolute Gasteiger partial charge is 0.364 e. The van der Waals surface area contributed by atoms with Crippen LogP contribution in [0.25, 0.3) is 0 Å². The number of rotatable bonds is 12. The standard InChI is InChI=1S/C18H34N2O9/c1-10(2)16(25)20-13-11(22)8-18(17(26)27,28-7-5-3-4-6-19)29-15(13)14(24)12(23)9-21/h10-15,21-24H,3-9,19H2,1-2H3,(H,20,25)(H,26,27)/t11-,12+,13+,14+,15+,18+/m0/s1. The van der Waals surface area contributed by atoms with Crippen LogP contribution in [0.15, 0.2) is 0 Å². The van der Waals surface area contributed by atoms with E-state index in [0.717, 1.165) is 6.42 Å². The summed E-state index contributed by atoms with van der Waals surface area (Å²) >= 11 is 0. The molecule has 1 aliphatic heterocycles. The SMILES string of the molecule is CC(C)C(=O)N[C@H]1[C@H]([C@H](O)[C@H](O)CO)O[C@@](OCCCCCN)(C(=O)O)C[C@@H]1O. The molecule has 1 saturated heterocycles. The van der Waals surface area contributed by atoms with Crippen molar-refractivity contribution >= 4 is 11.9 Å². The predicted octanol–water partition coefficient (Wildman–Crippen LogP) is -2.08. The number of carboxylic acids is 1. The first-order valence-electron chi connectivity index (χ1n) is 9.80. The highest BCUT2D eigenvalue weighted by Crippen LogP contribution is 2.34. The van der Waals surface area contributed by atoms with Gasteiger partial charge in [-0.2, -0.15) is 0 Å². The highest BCUT2D eigenvalue weighted by molar-refractivity contribution is 5.79. The van der Waals surface area contributed by atoms with Crippen molar-refractivity contribution in [3.63, 3.8) is 0 Å². The lowest BCUT2D eigenvalue weighted by molar-refractivity contribution is -0.311. The van der Waals surface area contributed by atoms with Crippen LogP contribution >= 0.6 is 0 Å². The normalized spacial score (nSPS) is 29.4. The van der Waals surface area contributed by atoms with E-state index in [1.807, 2.05) is 0 Å². The van der Waals surface area contributed by atoms with E-state index in [0.29, 0.717) is 19.4 Å². The predicted molar refractivity (Wildman–Crippen MR) is 101 cm³/mol. The molecule has 0 unspecified atom stereocenters. The molecule has 1 fully saturated rings. The van der Waals surface area contributed by atoms with Gasteiger partial charge < -0.3 is 46.1 Å². The average Bonchev–Trinajstić information content (AvgIpc) is 2.67. The van der Waals surface area contributed by atoms with Gasteiger partial charge in [0.15, 0.2) is 0 Å². The molecule has 0 radical (unpaired) electrons. The molecular weight excluding hydrogens is 388 g/mol. The van der Waals surface area contributed by atoms with Gasteiger partial charge in [0, 0.05) is 12.3 Å². The number of ether oxygens (including phenoxy) is 2. The van der Waals surface area contributed by atoms with Gasteiger partial charge in [0.1, 0.15) is 18.3 Å². The van der Waals surface area contributed by atoms with E-state index in [1.165, 1.54) is 0 Å². The number of unbranched alkanes of at least 4 members (excludes halogenated alkanes) is 2. The largest absolute Gasteiger partial charge is 0.477 e. The Labute approximate surface area is 169 Å². The van der Waals surface area contributed by atoms with Crippen molar-refractivity contribution in [3.05, 3.63) is 0 Å². The van der Waals surface area contributed by atoms with Crippen molar-refractivity contribution in [1.29, 1.82) is 0 Å². The number of amides is 1. The summed E-state index contributed by atoms with van der Waals surface area (Å²) in [6.45, 7) is 2.90. The van der Waals surface area contributed by atoms with Crippen LogP contribution in [0.1, 0.15) is 39.5 Å². The molecular formula is C18H34N2O9. The van der Waals surface area contributed by atoms with Crippen LogP contribution in [0.4, 0.5) is 0 Å². The van der Waals surface area contributed by atoms with Crippen molar-refractivity contribution < 1.29 is 44.6 Å². The summed E-state index contributed by atoms with van der Waals surface area (Å²) in [6, 6.07) is -1.21. The van der Waals surface area contributed by atoms with E-state index >= 15 is 0 Å². The lowest BCUT2D eigenvalue weighted by atomic mass is 9.88. The van der Waals surface area contributed by atoms with Gasteiger partial charge in [-0.1, -0.05) is 13.8 Å². The Morgan fingerprint density at radius 1 is 1.28 bits per heavy atom. The van der Waals surface area contributed by atoms with E-state index in [9.17, 15) is 30.0 Å². The fourth-order valence-corrected chi connectivity index (χ4v) is 3.03. The third-order valence-corrected chi connectivity index (χ3v) is 4.83. The summed E-state index contributed by atoms with van der Waals surface area (Å²) in [4.78, 5) is 24.0. The number of hydrogen-bond acceptors (Lipinski definition) is 9. The zero-order valence-electron chi connectivity index (χ0n) is 16.9. The first-order chi connectivity index (χ1) is 13.6. The first kappa shape index (κ1) is 25.7. The Morgan fingerprint density at radius 2 is 1.93 bits per heavy atom. The molecule has 1 rings (SSSR count). The Balaban J connectivity index is 3.08. The molecule has 8 N–H and O–H groups in total. The summed E-state index contributed by atoms with van der Waals surface area (Å²) < 4.78 is 11.0. The van der Waals surface area contributed by atoms with Crippen LogP contribution in [0.2, 0.25) is 0 Å². The van der Waals surface area contributed by atoms with Crippen LogP contribution in [-0.4, -0.2) is 93.4 Å². The van der Waals surface area contributed by atoms with Crippen LogP contribution in [0.3, 0.4) is 0 Å². The molecule has 11 heteroatoms. The van der Waals surface area contributed by atoms with Crippen LogP contribution < -0.4 is 11.1 Å². The van der Waals surface area contributed by atoms with Crippen molar-refractivity contribution in [2.24, 2.45) is 11.7 Å². The third kappa shape index (κ3) is 6.85. The highest BCUT2D eigenvalue weighted by atomic mass is 16.7. The third-order valence-electron chi connectivity index (χ3n) is 4.83. The number of carbonyl (C=O) groups is 2. The number of carboxylic acid groups (broad SMARTS) is 1. The number of aliphatic carboxylic acids is 1. The van der Waals surface area contributed by atoms with Gasteiger partial charge in [-0.25, -0.2) is 4.79 Å². The minimum Gasteiger partial charge on any atom is -0.477 e. The van der Waals surface area contributed by atoms with E-state index in [-0.39, 0.29) is 6.61 Å². The minimum atomic E-state index is -2.28. The van der Waals surface area contributed by atoms with E-state index in [1.54, 1.807) is 13.8 Å². The molecule has 0 aromatic heterocycles. The van der Waals surface area contributed by atoms with Gasteiger partial charge in [0.2, 0.25) is 5.91 Å². The summed E-state index contributed by atoms with van der Waals surface area (Å²) in [7, 11) is 0. The van der Waals surface area contributed by atoms with Crippen LogP contribution in [0.5, 0.6) is 0 Å². The second-order valence-corrected chi connectivity index (χ2v) is 7.54. The quantitative estimate of drug-likeness (QED) is 0.172. The maximum absolute atomic E-state index is 12.1. The number of aliphatic hydroxyl groups excluding tert-OH is 4. The zero-order chi connectivity index (χ0) is 22.2. The fourth-order valence-electron chi connectivity index (χ4n) is 3.03. The van der Waals surface area contributed by atoms with Gasteiger partial charge in [-0.05, 0) is 25.8 Å². The molecule has 170 valence electrons. The Morgan fingerprint density at radius 3 is 2.45 bits per heavy atom. The lowest BCUT2D eigenvalue weighted by Crippen LogP contribution is -2.68. The van der Waals surface area contributed by atoms with Crippen molar-refractivity contribution in [2.75, 3.05) is 19.8 Å². The monoisotopic (exact) mass is 422 g/mol. The molecule has 0 saturated carbocycles. The Hall–Kier alpha value is -1.34. The van der Waals surface area contributed by atoms with E-state index < -0.39 is 67.1 Å². The second kappa shape index (κ2) is 11.7. The lowest BCUT2D eigenvalue weighted by Gasteiger charge is -2.46. The molecule has 6 atom stereocenters. The summed E-state index contributed by atoms with van der Waals surface area (Å²) in [6.07, 6.45) is -5.00. The molecule has 11 nitrogen and oxygen atoms in total. The summed E-state index contributed by atoms with van der Waals surface area (Å²) in [5, 5.41) is 52.2. The van der Waals surface area contributed by atoms with Crippen molar-refractivity contribution in [3.8, 4) is 0 Å². The molecule has 1 aliphatic rings. The Kier molecular flexibility index (Phi) is 10.4.